The van der Waals surface area contributed by atoms with Crippen molar-refractivity contribution >= 4 is 16.9 Å². The predicted octanol–water partition coefficient (Wildman–Crippen LogP) is 3.09. The molecule has 0 aliphatic heterocycles. The molecule has 4 heteroatoms. The van der Waals surface area contributed by atoms with Gasteiger partial charge in [0.25, 0.3) is 0 Å². The number of rotatable bonds is 4. The summed E-state index contributed by atoms with van der Waals surface area (Å²) in [7, 11) is 0. The fourth-order valence-corrected chi connectivity index (χ4v) is 3.22. The van der Waals surface area contributed by atoms with E-state index in [1.807, 2.05) is 19.9 Å². The summed E-state index contributed by atoms with van der Waals surface area (Å²) in [5, 5.41) is 4.72. The molecule has 2 aromatic rings. The lowest BCUT2D eigenvalue weighted by Crippen LogP contribution is -2.39. The molecule has 0 fully saturated rings. The minimum atomic E-state index is -0.285. The number of para-hydroxylation sites is 1. The Morgan fingerprint density at radius 3 is 3.10 bits per heavy atom. The smallest absolute Gasteiger partial charge is 0.322 e. The second-order valence-corrected chi connectivity index (χ2v) is 5.65. The zero-order valence-corrected chi connectivity index (χ0v) is 12.6. The molecule has 0 amide bonds. The number of H-pyrrole nitrogens is 1. The molecule has 0 saturated carbocycles. The van der Waals surface area contributed by atoms with Crippen LogP contribution >= 0.6 is 0 Å². The van der Waals surface area contributed by atoms with E-state index >= 15 is 0 Å². The van der Waals surface area contributed by atoms with Crippen LogP contribution in [0.1, 0.15) is 44.0 Å². The van der Waals surface area contributed by atoms with Gasteiger partial charge in [0, 0.05) is 22.6 Å². The summed E-state index contributed by atoms with van der Waals surface area (Å²) < 4.78 is 5.08. The molecule has 2 unspecified atom stereocenters. The van der Waals surface area contributed by atoms with Gasteiger partial charge in [0.2, 0.25) is 0 Å². The van der Waals surface area contributed by atoms with Crippen LogP contribution in [0, 0.1) is 0 Å². The van der Waals surface area contributed by atoms with E-state index in [9.17, 15) is 4.79 Å². The largest absolute Gasteiger partial charge is 0.465 e. The highest BCUT2D eigenvalue weighted by Gasteiger charge is 2.27. The first-order valence-electron chi connectivity index (χ1n) is 7.73. The van der Waals surface area contributed by atoms with Gasteiger partial charge in [-0.2, -0.15) is 0 Å². The van der Waals surface area contributed by atoms with Crippen LogP contribution in [0.25, 0.3) is 10.9 Å². The first-order chi connectivity index (χ1) is 10.2. The van der Waals surface area contributed by atoms with Crippen molar-refractivity contribution in [1.29, 1.82) is 0 Å². The summed E-state index contributed by atoms with van der Waals surface area (Å²) in [4.78, 5) is 15.3. The van der Waals surface area contributed by atoms with E-state index in [1.54, 1.807) is 0 Å². The summed E-state index contributed by atoms with van der Waals surface area (Å²) >= 11 is 0. The van der Waals surface area contributed by atoms with Crippen molar-refractivity contribution in [1.82, 2.24) is 10.3 Å². The Morgan fingerprint density at radius 2 is 2.29 bits per heavy atom. The second kappa shape index (κ2) is 5.90. The number of carbonyl (C=O) groups is 1. The minimum Gasteiger partial charge on any atom is -0.465 e. The number of benzene rings is 1. The summed E-state index contributed by atoms with van der Waals surface area (Å²) in [6.07, 6.45) is 3.29. The SMILES string of the molecule is CCOC(=O)C(C)NC1CCCc2c1[nH]c1ccccc21. The highest BCUT2D eigenvalue weighted by Crippen LogP contribution is 2.34. The molecule has 2 N–H and O–H groups in total. The topological polar surface area (TPSA) is 54.1 Å². The van der Waals surface area contributed by atoms with Gasteiger partial charge in [0.1, 0.15) is 6.04 Å². The Kier molecular flexibility index (Phi) is 3.97. The Bertz CT molecular complexity index is 647. The quantitative estimate of drug-likeness (QED) is 0.849. The molecule has 1 aliphatic rings. The van der Waals surface area contributed by atoms with E-state index in [4.69, 9.17) is 4.74 Å². The zero-order chi connectivity index (χ0) is 14.8. The normalized spacial score (nSPS) is 19.2. The molecule has 1 aliphatic carbocycles. The van der Waals surface area contributed by atoms with Crippen LogP contribution < -0.4 is 5.32 Å². The fourth-order valence-electron chi connectivity index (χ4n) is 3.22. The van der Waals surface area contributed by atoms with Crippen molar-refractivity contribution in [2.75, 3.05) is 6.61 Å². The molecule has 2 atom stereocenters. The first kappa shape index (κ1) is 14.1. The molecule has 0 radical (unpaired) electrons. The molecule has 1 heterocycles. The molecule has 4 nitrogen and oxygen atoms in total. The highest BCUT2D eigenvalue weighted by atomic mass is 16.5. The summed E-state index contributed by atoms with van der Waals surface area (Å²) in [5.74, 6) is -0.180. The van der Waals surface area contributed by atoms with E-state index in [0.717, 1.165) is 19.3 Å². The van der Waals surface area contributed by atoms with Gasteiger partial charge >= 0.3 is 5.97 Å². The van der Waals surface area contributed by atoms with Crippen molar-refractivity contribution in [3.8, 4) is 0 Å². The number of hydrogen-bond donors (Lipinski definition) is 2. The molecular weight excluding hydrogens is 264 g/mol. The number of hydrogen-bond acceptors (Lipinski definition) is 3. The minimum absolute atomic E-state index is 0.180. The number of aryl methyl sites for hydroxylation is 1. The van der Waals surface area contributed by atoms with Gasteiger partial charge < -0.3 is 9.72 Å². The van der Waals surface area contributed by atoms with Gasteiger partial charge in [-0.15, -0.1) is 0 Å². The molecule has 112 valence electrons. The number of ether oxygens (including phenoxy) is 1. The van der Waals surface area contributed by atoms with Crippen LogP contribution in [0.15, 0.2) is 24.3 Å². The Hall–Kier alpha value is -1.81. The molecule has 0 spiro atoms. The van der Waals surface area contributed by atoms with Gasteiger partial charge in [0.15, 0.2) is 0 Å². The van der Waals surface area contributed by atoms with E-state index in [2.05, 4.69) is 28.5 Å². The van der Waals surface area contributed by atoms with Gasteiger partial charge in [0.05, 0.1) is 6.61 Å². The average Bonchev–Trinajstić information content (AvgIpc) is 2.87. The van der Waals surface area contributed by atoms with Crippen LogP contribution in [0.2, 0.25) is 0 Å². The van der Waals surface area contributed by atoms with Crippen molar-refractivity contribution < 1.29 is 9.53 Å². The standard InChI is InChI=1S/C17H22N2O2/c1-3-21-17(20)11(2)18-15-10-6-8-13-12-7-4-5-9-14(12)19-16(13)15/h4-5,7,9,11,15,18-19H,3,6,8,10H2,1-2H3. The van der Waals surface area contributed by atoms with Crippen LogP contribution in [-0.2, 0) is 16.0 Å². The predicted molar refractivity (Wildman–Crippen MR) is 83.2 cm³/mol. The zero-order valence-electron chi connectivity index (χ0n) is 12.6. The Balaban J connectivity index is 1.85. The number of fused-ring (bicyclic) bond motifs is 3. The van der Waals surface area contributed by atoms with Crippen molar-refractivity contribution in [2.24, 2.45) is 0 Å². The number of nitrogens with one attached hydrogen (secondary N) is 2. The average molecular weight is 286 g/mol. The third kappa shape index (κ3) is 2.68. The molecule has 1 aromatic carbocycles. The number of aromatic amines is 1. The Labute approximate surface area is 124 Å². The van der Waals surface area contributed by atoms with Gasteiger partial charge in [-0.3, -0.25) is 10.1 Å². The maximum Gasteiger partial charge on any atom is 0.322 e. The summed E-state index contributed by atoms with van der Waals surface area (Å²) in [5.41, 5.74) is 3.81. The maximum atomic E-state index is 11.8. The lowest BCUT2D eigenvalue weighted by atomic mass is 9.91. The van der Waals surface area contributed by atoms with Crippen LogP contribution in [-0.4, -0.2) is 23.6 Å². The van der Waals surface area contributed by atoms with Crippen molar-refractivity contribution in [2.45, 2.75) is 45.2 Å². The van der Waals surface area contributed by atoms with Crippen LogP contribution in [0.3, 0.4) is 0 Å². The fraction of sp³-hybridized carbons (Fsp3) is 0.471. The molecule has 0 bridgehead atoms. The second-order valence-electron chi connectivity index (χ2n) is 5.65. The maximum absolute atomic E-state index is 11.8. The first-order valence-corrected chi connectivity index (χ1v) is 7.73. The molecule has 0 saturated heterocycles. The number of carbonyl (C=O) groups excluding carboxylic acids is 1. The molecular formula is C17H22N2O2. The van der Waals surface area contributed by atoms with Crippen LogP contribution in [0.5, 0.6) is 0 Å². The summed E-state index contributed by atoms with van der Waals surface area (Å²) in [6, 6.07) is 8.32. The van der Waals surface area contributed by atoms with Crippen molar-refractivity contribution in [3.05, 3.63) is 35.5 Å². The lowest BCUT2D eigenvalue weighted by Gasteiger charge is -2.26. The number of aromatic nitrogens is 1. The monoisotopic (exact) mass is 286 g/mol. The molecule has 21 heavy (non-hydrogen) atoms. The summed E-state index contributed by atoms with van der Waals surface area (Å²) in [6.45, 7) is 4.13. The highest BCUT2D eigenvalue weighted by molar-refractivity contribution is 5.85. The van der Waals surface area contributed by atoms with Crippen molar-refractivity contribution in [3.63, 3.8) is 0 Å². The lowest BCUT2D eigenvalue weighted by molar-refractivity contribution is -0.145. The molecule has 1 aromatic heterocycles. The van der Waals surface area contributed by atoms with Gasteiger partial charge in [-0.05, 0) is 44.7 Å². The van der Waals surface area contributed by atoms with Crippen LogP contribution in [0.4, 0.5) is 0 Å². The van der Waals surface area contributed by atoms with Gasteiger partial charge in [-0.1, -0.05) is 18.2 Å². The van der Waals surface area contributed by atoms with E-state index in [1.165, 1.54) is 22.2 Å². The third-order valence-corrected chi connectivity index (χ3v) is 4.21. The third-order valence-electron chi connectivity index (χ3n) is 4.21. The molecule has 3 rings (SSSR count). The van der Waals surface area contributed by atoms with E-state index in [-0.39, 0.29) is 18.1 Å². The Morgan fingerprint density at radius 1 is 1.48 bits per heavy atom. The van der Waals surface area contributed by atoms with E-state index < -0.39 is 0 Å². The van der Waals surface area contributed by atoms with E-state index in [0.29, 0.717) is 6.61 Å². The van der Waals surface area contributed by atoms with Gasteiger partial charge in [-0.25, -0.2) is 0 Å². The number of esters is 1.